The first kappa shape index (κ1) is 45.0. The van der Waals surface area contributed by atoms with Crippen LogP contribution in [0, 0.1) is 0 Å². The Morgan fingerprint density at radius 3 is 1.34 bits per heavy atom. The molecule has 0 radical (unpaired) electrons. The van der Waals surface area contributed by atoms with Gasteiger partial charge in [-0.3, -0.25) is 0 Å². The number of hydrogen-bond donors (Lipinski definition) is 0. The zero-order valence-electron chi connectivity index (χ0n) is 45.1. The van der Waals surface area contributed by atoms with Crippen LogP contribution >= 0.6 is 0 Å². The quantitative estimate of drug-likeness (QED) is 0.167. The van der Waals surface area contributed by atoms with Gasteiger partial charge < -0.3 is 14.0 Å². The Kier molecular flexibility index (Phi) is 8.92. The third-order valence-electron chi connectivity index (χ3n) is 19.3. The van der Waals surface area contributed by atoms with Crippen molar-refractivity contribution < 1.29 is 0 Å². The number of fused-ring (bicyclic) bond motifs is 25. The molecule has 1 unspecified atom stereocenters. The van der Waals surface area contributed by atoms with Crippen LogP contribution in [0.2, 0.25) is 0 Å². The van der Waals surface area contributed by atoms with Crippen molar-refractivity contribution in [1.29, 1.82) is 0 Å². The van der Waals surface area contributed by atoms with E-state index in [2.05, 4.69) is 311 Å². The van der Waals surface area contributed by atoms with Crippen molar-refractivity contribution in [3.63, 3.8) is 0 Å². The lowest BCUT2D eigenvalue weighted by Crippen LogP contribution is -2.33. The Morgan fingerprint density at radius 1 is 0.265 bits per heavy atom. The fourth-order valence-corrected chi connectivity index (χ4v) is 16.3. The van der Waals surface area contributed by atoms with Crippen LogP contribution in [0.5, 0.6) is 0 Å². The smallest absolute Gasteiger partial charge is 0.0755 e. The van der Waals surface area contributed by atoms with Crippen LogP contribution < -0.4 is 4.90 Å². The molecule has 3 aliphatic carbocycles. The van der Waals surface area contributed by atoms with E-state index in [1.807, 2.05) is 0 Å². The number of para-hydroxylation sites is 5. The minimum Gasteiger partial charge on any atom is -0.309 e. The van der Waals surface area contributed by atoms with Gasteiger partial charge in [-0.05, 0) is 139 Å². The summed E-state index contributed by atoms with van der Waals surface area (Å²) in [4.78, 5) is 2.61. The van der Waals surface area contributed by atoms with E-state index in [-0.39, 0.29) is 0 Å². The zero-order chi connectivity index (χ0) is 54.1. The van der Waals surface area contributed by atoms with Gasteiger partial charge in [0.1, 0.15) is 0 Å². The van der Waals surface area contributed by atoms with Gasteiger partial charge in [-0.15, -0.1) is 0 Å². The number of benzene rings is 13. The molecule has 3 heteroatoms. The number of hydrogen-bond acceptors (Lipinski definition) is 1. The molecule has 1 aliphatic heterocycles. The molecule has 15 aromatic rings. The first-order valence-corrected chi connectivity index (χ1v) is 29.0. The Morgan fingerprint density at radius 2 is 0.699 bits per heavy atom. The van der Waals surface area contributed by atoms with Crippen LogP contribution in [-0.2, 0) is 10.8 Å². The van der Waals surface area contributed by atoms with Crippen molar-refractivity contribution in [2.45, 2.75) is 10.8 Å². The number of anilines is 3. The summed E-state index contributed by atoms with van der Waals surface area (Å²) >= 11 is 0. The molecule has 19 rings (SSSR count). The number of nitrogens with zero attached hydrogens (tertiary/aromatic N) is 3. The Labute approximate surface area is 480 Å². The molecule has 3 nitrogen and oxygen atoms in total. The standard InChI is InChI=1S/C80H49N3/c1-2-21-52(22-3-1)81-70-38-15-8-25-56(70)58-48-45-51(49-75(58)81)50-43-46-53(47-44-50)82(73-41-19-35-67-76(73)60-27-6-12-32-64(60)79(67)62-30-10-4-23-54(62)55-24-5-11-31-63(55)79)74-42-20-36-68-77(74)61-28-7-13-33-65(61)80(68)66-34-14-17-40-72(66)83-71-39-16-9-26-57(71)59-29-18-37-69(80)78(59)83/h1-49H. The maximum Gasteiger partial charge on any atom is 0.0755 e. The molecule has 384 valence electrons. The Bertz CT molecular complexity index is 5240. The van der Waals surface area contributed by atoms with Gasteiger partial charge in [-0.25, -0.2) is 0 Å². The second-order valence-electron chi connectivity index (χ2n) is 23.0. The average Bonchev–Trinajstić information content (AvgIpc) is 1.60. The van der Waals surface area contributed by atoms with Crippen molar-refractivity contribution in [1.82, 2.24) is 9.13 Å². The second kappa shape index (κ2) is 16.4. The van der Waals surface area contributed by atoms with E-state index in [4.69, 9.17) is 0 Å². The fourth-order valence-electron chi connectivity index (χ4n) is 16.3. The van der Waals surface area contributed by atoms with Crippen LogP contribution in [0.25, 0.3) is 99.5 Å². The predicted octanol–water partition coefficient (Wildman–Crippen LogP) is 20.0. The lowest BCUT2D eigenvalue weighted by Gasteiger charge is -2.39. The van der Waals surface area contributed by atoms with Crippen LogP contribution in [0.15, 0.2) is 297 Å². The first-order chi connectivity index (χ1) is 41.2. The highest BCUT2D eigenvalue weighted by molar-refractivity contribution is 6.14. The van der Waals surface area contributed by atoms with Crippen LogP contribution in [0.4, 0.5) is 17.1 Å². The van der Waals surface area contributed by atoms with Gasteiger partial charge in [-0.1, -0.05) is 237 Å². The van der Waals surface area contributed by atoms with Crippen molar-refractivity contribution in [2.24, 2.45) is 0 Å². The van der Waals surface area contributed by atoms with Crippen LogP contribution in [-0.4, -0.2) is 9.13 Å². The van der Waals surface area contributed by atoms with Crippen LogP contribution in [0.1, 0.15) is 44.5 Å². The molecule has 0 saturated carbocycles. The molecule has 0 N–H and O–H groups in total. The van der Waals surface area contributed by atoms with Gasteiger partial charge in [0, 0.05) is 44.0 Å². The normalized spacial score (nSPS) is 15.1. The molecular formula is C80H49N3. The van der Waals surface area contributed by atoms with E-state index in [0.29, 0.717) is 0 Å². The highest BCUT2D eigenvalue weighted by Gasteiger charge is 2.54. The largest absolute Gasteiger partial charge is 0.309 e. The maximum absolute atomic E-state index is 2.61. The number of aromatic nitrogens is 2. The molecule has 0 saturated heterocycles. The Balaban J connectivity index is 0.885. The summed E-state index contributed by atoms with van der Waals surface area (Å²) in [6, 6.07) is 112. The predicted molar refractivity (Wildman–Crippen MR) is 342 cm³/mol. The van der Waals surface area contributed by atoms with Crippen LogP contribution in [0.3, 0.4) is 0 Å². The molecule has 0 amide bonds. The van der Waals surface area contributed by atoms with Gasteiger partial charge in [-0.2, -0.15) is 0 Å². The van der Waals surface area contributed by atoms with E-state index in [0.717, 1.165) is 28.3 Å². The summed E-state index contributed by atoms with van der Waals surface area (Å²) in [6.07, 6.45) is 0. The zero-order valence-corrected chi connectivity index (χ0v) is 45.1. The third-order valence-corrected chi connectivity index (χ3v) is 19.3. The van der Waals surface area contributed by atoms with Crippen molar-refractivity contribution in [3.05, 3.63) is 342 Å². The summed E-state index contributed by atoms with van der Waals surface area (Å²) in [6.45, 7) is 0. The third kappa shape index (κ3) is 5.59. The van der Waals surface area contributed by atoms with Gasteiger partial charge >= 0.3 is 0 Å². The summed E-state index contributed by atoms with van der Waals surface area (Å²) in [5.74, 6) is 0. The molecule has 3 heterocycles. The van der Waals surface area contributed by atoms with Gasteiger partial charge in [0.2, 0.25) is 0 Å². The lowest BCUT2D eigenvalue weighted by atomic mass is 9.65. The molecular weight excluding hydrogens is 1000 g/mol. The molecule has 0 fully saturated rings. The lowest BCUT2D eigenvalue weighted by molar-refractivity contribution is 0.748. The number of rotatable bonds is 5. The van der Waals surface area contributed by atoms with Gasteiger partial charge in [0.25, 0.3) is 0 Å². The summed E-state index contributed by atoms with van der Waals surface area (Å²) in [7, 11) is 0. The monoisotopic (exact) mass is 1050 g/mol. The molecule has 2 spiro atoms. The van der Waals surface area contributed by atoms with E-state index in [1.54, 1.807) is 0 Å². The average molecular weight is 1050 g/mol. The van der Waals surface area contributed by atoms with E-state index >= 15 is 0 Å². The maximum atomic E-state index is 2.61. The molecule has 0 bridgehead atoms. The molecule has 83 heavy (non-hydrogen) atoms. The van der Waals surface area contributed by atoms with E-state index in [9.17, 15) is 0 Å². The summed E-state index contributed by atoms with van der Waals surface area (Å²) in [5, 5.41) is 5.04. The highest BCUT2D eigenvalue weighted by atomic mass is 15.2. The minimum atomic E-state index is -0.620. The molecule has 1 atom stereocenters. The fraction of sp³-hybridized carbons (Fsp3) is 0.0250. The summed E-state index contributed by atoms with van der Waals surface area (Å²) in [5.41, 5.74) is 30.0. The molecule has 4 aliphatic rings. The topological polar surface area (TPSA) is 13.1 Å². The van der Waals surface area contributed by atoms with Gasteiger partial charge in [0.15, 0.2) is 0 Å². The van der Waals surface area contributed by atoms with Gasteiger partial charge in [0.05, 0.1) is 50.0 Å². The van der Waals surface area contributed by atoms with Crippen molar-refractivity contribution >= 4 is 60.7 Å². The molecule has 2 aromatic heterocycles. The molecule has 13 aromatic carbocycles. The first-order valence-electron chi connectivity index (χ1n) is 29.0. The minimum absolute atomic E-state index is 0.510. The van der Waals surface area contributed by atoms with Crippen molar-refractivity contribution in [3.8, 4) is 55.9 Å². The highest BCUT2D eigenvalue weighted by Crippen LogP contribution is 2.67. The second-order valence-corrected chi connectivity index (χ2v) is 23.0. The Hall–Kier alpha value is -10.7. The van der Waals surface area contributed by atoms with E-state index in [1.165, 1.54) is 133 Å². The SMILES string of the molecule is c1ccc(-n2c3ccccc3c3ccc(-c4ccc(N(c5cccc6c5-c5ccccc5C65c6ccccc6-c6ccccc65)c5cccc6c5-c5ccccc5C65c6ccccc6-n6c7ccccc7c7cccc5c76)cc4)cc32)cc1. The van der Waals surface area contributed by atoms with Crippen molar-refractivity contribution in [2.75, 3.05) is 4.90 Å². The summed E-state index contributed by atoms with van der Waals surface area (Å²) < 4.78 is 4.95. The van der Waals surface area contributed by atoms with E-state index < -0.39 is 10.8 Å².